The molecule has 4 rings (SSSR count). The summed E-state index contributed by atoms with van der Waals surface area (Å²) in [5.74, 6) is -0.0901. The zero-order chi connectivity index (χ0) is 28.2. The molecule has 0 N–H and O–H groups in total. The molecule has 0 radical (unpaired) electrons. The van der Waals surface area contributed by atoms with Crippen LogP contribution >= 0.6 is 0 Å². The van der Waals surface area contributed by atoms with Crippen molar-refractivity contribution < 1.29 is 19.1 Å². The summed E-state index contributed by atoms with van der Waals surface area (Å²) in [5, 5.41) is 0. The van der Waals surface area contributed by atoms with Crippen molar-refractivity contribution >= 4 is 11.9 Å². The molecule has 0 amide bonds. The summed E-state index contributed by atoms with van der Waals surface area (Å²) in [6.45, 7) is 12.8. The number of rotatable bonds is 12. The highest BCUT2D eigenvalue weighted by Gasteiger charge is 2.55. The van der Waals surface area contributed by atoms with Crippen LogP contribution in [0.1, 0.15) is 89.5 Å². The van der Waals surface area contributed by atoms with E-state index >= 15 is 0 Å². The minimum Gasteiger partial charge on any atom is -0.423 e. The Bertz CT molecular complexity index is 1180. The minimum absolute atomic E-state index is 0.186. The fourth-order valence-corrected chi connectivity index (χ4v) is 6.25. The van der Waals surface area contributed by atoms with E-state index in [1.54, 1.807) is 0 Å². The van der Waals surface area contributed by atoms with Crippen molar-refractivity contribution in [2.45, 2.75) is 92.9 Å². The van der Waals surface area contributed by atoms with Gasteiger partial charge in [-0.3, -0.25) is 0 Å². The highest BCUT2D eigenvalue weighted by molar-refractivity contribution is 6.05. The SMILES string of the molecule is CCCc1ccc(OC(=O)C2=C(C(=O)Oc3ccc(CCC)cc3CCC)C3C=CC2C3(C)C)c(CCC)c1. The third kappa shape index (κ3) is 5.90. The van der Waals surface area contributed by atoms with Crippen LogP contribution in [0.15, 0.2) is 59.7 Å². The van der Waals surface area contributed by atoms with E-state index in [9.17, 15) is 9.59 Å². The van der Waals surface area contributed by atoms with E-state index in [1.807, 2.05) is 24.3 Å². The molecular formula is C35H44O4. The van der Waals surface area contributed by atoms with Gasteiger partial charge in [0.15, 0.2) is 0 Å². The summed E-state index contributed by atoms with van der Waals surface area (Å²) < 4.78 is 12.1. The van der Waals surface area contributed by atoms with Crippen LogP contribution < -0.4 is 9.47 Å². The number of carbonyl (C=O) groups excluding carboxylic acids is 2. The van der Waals surface area contributed by atoms with Crippen LogP contribution in [0.2, 0.25) is 0 Å². The Labute approximate surface area is 234 Å². The molecule has 2 bridgehead atoms. The first-order valence-corrected chi connectivity index (χ1v) is 14.8. The fraction of sp³-hybridized carbons (Fsp3) is 0.486. The smallest absolute Gasteiger partial charge is 0.340 e. The fourth-order valence-electron chi connectivity index (χ4n) is 6.25. The maximum atomic E-state index is 13.8. The molecule has 0 aliphatic heterocycles. The lowest BCUT2D eigenvalue weighted by molar-refractivity contribution is -0.133. The van der Waals surface area contributed by atoms with Gasteiger partial charge in [0.1, 0.15) is 11.5 Å². The van der Waals surface area contributed by atoms with E-state index in [2.05, 4.69) is 65.8 Å². The summed E-state index contributed by atoms with van der Waals surface area (Å²) in [7, 11) is 0. The first-order valence-electron chi connectivity index (χ1n) is 14.8. The summed E-state index contributed by atoms with van der Waals surface area (Å²) >= 11 is 0. The van der Waals surface area contributed by atoms with Gasteiger partial charge in [0.05, 0.1) is 11.1 Å². The van der Waals surface area contributed by atoms with Gasteiger partial charge in [0.25, 0.3) is 0 Å². The number of benzene rings is 2. The second-order valence-electron chi connectivity index (χ2n) is 11.7. The van der Waals surface area contributed by atoms with Crippen LogP contribution in [0.5, 0.6) is 11.5 Å². The largest absolute Gasteiger partial charge is 0.423 e. The maximum Gasteiger partial charge on any atom is 0.340 e. The first kappa shape index (κ1) is 28.9. The van der Waals surface area contributed by atoms with Gasteiger partial charge in [0, 0.05) is 11.8 Å². The number of allylic oxidation sites excluding steroid dienone is 2. The van der Waals surface area contributed by atoms with Crippen LogP contribution in [0.25, 0.3) is 0 Å². The van der Waals surface area contributed by atoms with Gasteiger partial charge in [-0.25, -0.2) is 9.59 Å². The maximum absolute atomic E-state index is 13.8. The van der Waals surface area contributed by atoms with E-state index in [0.717, 1.165) is 62.5 Å². The van der Waals surface area contributed by atoms with Crippen molar-refractivity contribution in [2.24, 2.45) is 17.3 Å². The average Bonchev–Trinajstić information content (AvgIpc) is 3.32. The van der Waals surface area contributed by atoms with E-state index in [0.29, 0.717) is 22.6 Å². The quantitative estimate of drug-likeness (QED) is 0.158. The van der Waals surface area contributed by atoms with Crippen LogP contribution in [0.3, 0.4) is 0 Å². The molecule has 0 heterocycles. The normalized spacial score (nSPS) is 19.0. The van der Waals surface area contributed by atoms with E-state index < -0.39 is 11.9 Å². The summed E-state index contributed by atoms with van der Waals surface area (Å²) in [6.07, 6.45) is 11.8. The Balaban J connectivity index is 1.67. The Morgan fingerprint density at radius 1 is 0.641 bits per heavy atom. The second-order valence-corrected chi connectivity index (χ2v) is 11.7. The van der Waals surface area contributed by atoms with Crippen molar-refractivity contribution in [1.29, 1.82) is 0 Å². The van der Waals surface area contributed by atoms with Crippen molar-refractivity contribution in [3.05, 3.63) is 82.0 Å². The number of aryl methyl sites for hydroxylation is 4. The molecule has 208 valence electrons. The van der Waals surface area contributed by atoms with Crippen molar-refractivity contribution in [1.82, 2.24) is 0 Å². The monoisotopic (exact) mass is 528 g/mol. The van der Waals surface area contributed by atoms with Crippen LogP contribution in [0, 0.1) is 17.3 Å². The number of hydrogen-bond donors (Lipinski definition) is 0. The van der Waals surface area contributed by atoms with Gasteiger partial charge in [0.2, 0.25) is 0 Å². The van der Waals surface area contributed by atoms with Gasteiger partial charge in [-0.05, 0) is 65.5 Å². The van der Waals surface area contributed by atoms with E-state index in [1.165, 1.54) is 11.1 Å². The number of fused-ring (bicyclic) bond motifs is 2. The lowest BCUT2D eigenvalue weighted by Gasteiger charge is -2.26. The van der Waals surface area contributed by atoms with Crippen LogP contribution in [0.4, 0.5) is 0 Å². The topological polar surface area (TPSA) is 52.6 Å². The Morgan fingerprint density at radius 3 is 1.38 bits per heavy atom. The molecular weight excluding hydrogens is 484 g/mol. The second kappa shape index (κ2) is 12.4. The molecule has 2 aliphatic carbocycles. The molecule has 2 aromatic carbocycles. The highest BCUT2D eigenvalue weighted by Crippen LogP contribution is 2.57. The molecule has 0 spiro atoms. The Kier molecular flexibility index (Phi) is 9.15. The van der Waals surface area contributed by atoms with Crippen molar-refractivity contribution in [2.75, 3.05) is 0 Å². The van der Waals surface area contributed by atoms with Gasteiger partial charge in [-0.15, -0.1) is 0 Å². The van der Waals surface area contributed by atoms with Crippen LogP contribution in [-0.4, -0.2) is 11.9 Å². The predicted molar refractivity (Wildman–Crippen MR) is 157 cm³/mol. The molecule has 2 aromatic rings. The zero-order valence-corrected chi connectivity index (χ0v) is 24.6. The van der Waals surface area contributed by atoms with Crippen LogP contribution in [-0.2, 0) is 35.3 Å². The first-order chi connectivity index (χ1) is 18.7. The summed E-state index contributed by atoms with van der Waals surface area (Å²) in [6, 6.07) is 12.2. The average molecular weight is 529 g/mol. The third-order valence-corrected chi connectivity index (χ3v) is 8.22. The number of ether oxygens (including phenoxy) is 2. The molecule has 2 atom stereocenters. The molecule has 0 fully saturated rings. The Morgan fingerprint density at radius 2 is 1.03 bits per heavy atom. The van der Waals surface area contributed by atoms with Gasteiger partial charge in [-0.2, -0.15) is 0 Å². The Hall–Kier alpha value is -3.14. The lowest BCUT2D eigenvalue weighted by Crippen LogP contribution is -2.24. The molecule has 39 heavy (non-hydrogen) atoms. The standard InChI is InChI=1S/C35H44O4/c1-7-11-23-15-19-29(25(21-23)13-9-3)38-33(36)31-27-17-18-28(35(27,5)6)32(31)34(37)39-30-20-16-24(12-8-2)22-26(30)14-10-4/h15-22,27-28H,7-14H2,1-6H3. The molecule has 2 unspecified atom stereocenters. The summed E-state index contributed by atoms with van der Waals surface area (Å²) in [4.78, 5) is 27.6. The lowest BCUT2D eigenvalue weighted by atomic mass is 9.77. The van der Waals surface area contributed by atoms with E-state index in [4.69, 9.17) is 9.47 Å². The van der Waals surface area contributed by atoms with E-state index in [-0.39, 0.29) is 17.3 Å². The molecule has 0 aromatic heterocycles. The van der Waals surface area contributed by atoms with Gasteiger partial charge < -0.3 is 9.47 Å². The van der Waals surface area contributed by atoms with Gasteiger partial charge in [-0.1, -0.05) is 104 Å². The minimum atomic E-state index is -0.445. The van der Waals surface area contributed by atoms with Crippen molar-refractivity contribution in [3.8, 4) is 11.5 Å². The predicted octanol–water partition coefficient (Wildman–Crippen LogP) is 8.15. The van der Waals surface area contributed by atoms with Crippen molar-refractivity contribution in [3.63, 3.8) is 0 Å². The number of carbonyl (C=O) groups is 2. The molecule has 0 saturated heterocycles. The van der Waals surface area contributed by atoms with Gasteiger partial charge >= 0.3 is 11.9 Å². The highest BCUT2D eigenvalue weighted by atomic mass is 16.5. The number of hydrogen-bond acceptors (Lipinski definition) is 4. The molecule has 2 aliphatic rings. The molecule has 4 nitrogen and oxygen atoms in total. The summed E-state index contributed by atoms with van der Waals surface area (Å²) in [5.41, 5.74) is 5.17. The zero-order valence-electron chi connectivity index (χ0n) is 24.6. The molecule has 0 saturated carbocycles. The molecule has 4 heteroatoms. The third-order valence-electron chi connectivity index (χ3n) is 8.22. The number of esters is 2.